The summed E-state index contributed by atoms with van der Waals surface area (Å²) in [5, 5.41) is 8.49. The van der Waals surface area contributed by atoms with E-state index in [0.717, 1.165) is 11.1 Å². The fraction of sp³-hybridized carbons (Fsp3) is 0.167. The van der Waals surface area contributed by atoms with Crippen LogP contribution < -0.4 is 10.6 Å². The van der Waals surface area contributed by atoms with Gasteiger partial charge in [0.25, 0.3) is 0 Å². The van der Waals surface area contributed by atoms with E-state index in [1.54, 1.807) is 11.8 Å². The number of thioether (sulfide) groups is 1. The van der Waals surface area contributed by atoms with Crippen molar-refractivity contribution in [1.29, 1.82) is 0 Å². The third kappa shape index (κ3) is 2.34. The van der Waals surface area contributed by atoms with Crippen LogP contribution in [0.25, 0.3) is 16.7 Å². The van der Waals surface area contributed by atoms with Crippen LogP contribution in [0, 0.1) is 5.92 Å². The Labute approximate surface area is 133 Å². The Kier molecular flexibility index (Phi) is 3.48. The van der Waals surface area contributed by atoms with Crippen molar-refractivity contribution in [2.24, 2.45) is 5.92 Å². The number of hydrogen-bond acceptors (Lipinski definition) is 3. The number of carbonyl (C=O) groups is 1. The molecule has 0 aliphatic carbocycles. The van der Waals surface area contributed by atoms with Gasteiger partial charge in [0.2, 0.25) is 5.91 Å². The first-order chi connectivity index (χ1) is 10.8. The van der Waals surface area contributed by atoms with Gasteiger partial charge in [0, 0.05) is 0 Å². The maximum absolute atomic E-state index is 12.1. The number of hydrogen-bond donors (Lipinski definition) is 2. The summed E-state index contributed by atoms with van der Waals surface area (Å²) in [6.45, 7) is 0.557. The molecule has 0 spiro atoms. The number of amides is 1. The summed E-state index contributed by atoms with van der Waals surface area (Å²) in [4.78, 5) is 12.1. The van der Waals surface area contributed by atoms with E-state index >= 15 is 0 Å². The zero-order valence-corrected chi connectivity index (χ0v) is 12.8. The minimum Gasteiger partial charge on any atom is -0.343 e. The second-order valence-electron chi connectivity index (χ2n) is 5.47. The Morgan fingerprint density at radius 1 is 0.909 bits per heavy atom. The number of fused-ring (bicyclic) bond motifs is 1. The molecular weight excluding hydrogens is 292 g/mol. The lowest BCUT2D eigenvalue weighted by Gasteiger charge is -2.28. The summed E-state index contributed by atoms with van der Waals surface area (Å²) < 4.78 is 0. The van der Waals surface area contributed by atoms with Gasteiger partial charge in [-0.3, -0.25) is 10.1 Å². The summed E-state index contributed by atoms with van der Waals surface area (Å²) >= 11 is 1.70. The van der Waals surface area contributed by atoms with Crippen LogP contribution in [0.15, 0.2) is 60.0 Å². The standard InChI is InChI=1S/C18H16N2OS/c21-17-16-15(10-22-18(16)20-11-19-17)14-8-6-13(7-9-14)12-4-2-1-3-5-12/h1-10,16,18,20H,11H2,(H,19,21). The van der Waals surface area contributed by atoms with Crippen LogP contribution in [0.1, 0.15) is 5.56 Å². The molecule has 2 N–H and O–H groups in total. The SMILES string of the molecule is O=C1NCNC2SC=C(c3ccc(-c4ccccc4)cc3)C12. The van der Waals surface area contributed by atoms with Crippen molar-refractivity contribution in [2.45, 2.75) is 5.37 Å². The van der Waals surface area contributed by atoms with Gasteiger partial charge in [-0.2, -0.15) is 0 Å². The first kappa shape index (κ1) is 13.6. The molecule has 1 amide bonds. The Morgan fingerprint density at radius 2 is 1.59 bits per heavy atom. The Bertz CT molecular complexity index is 725. The van der Waals surface area contributed by atoms with Gasteiger partial charge in [0.1, 0.15) is 0 Å². The first-order valence-electron chi connectivity index (χ1n) is 7.35. The van der Waals surface area contributed by atoms with E-state index in [2.05, 4.69) is 52.4 Å². The van der Waals surface area contributed by atoms with Gasteiger partial charge in [0.05, 0.1) is 18.0 Å². The average Bonchev–Trinajstić information content (AvgIpc) is 3.01. The summed E-state index contributed by atoms with van der Waals surface area (Å²) in [7, 11) is 0. The van der Waals surface area contributed by atoms with Crippen molar-refractivity contribution in [3.63, 3.8) is 0 Å². The second kappa shape index (κ2) is 5.63. The molecule has 1 saturated heterocycles. The molecule has 0 saturated carbocycles. The molecule has 2 aromatic rings. The van der Waals surface area contributed by atoms with E-state index in [1.807, 2.05) is 18.2 Å². The molecule has 22 heavy (non-hydrogen) atoms. The van der Waals surface area contributed by atoms with E-state index in [1.165, 1.54) is 11.1 Å². The quantitative estimate of drug-likeness (QED) is 0.896. The highest BCUT2D eigenvalue weighted by atomic mass is 32.2. The van der Waals surface area contributed by atoms with Gasteiger partial charge in [-0.05, 0) is 27.7 Å². The lowest BCUT2D eigenvalue weighted by atomic mass is 9.91. The molecule has 4 rings (SSSR count). The molecule has 2 unspecified atom stereocenters. The maximum Gasteiger partial charge on any atom is 0.231 e. The smallest absolute Gasteiger partial charge is 0.231 e. The third-order valence-corrected chi connectivity index (χ3v) is 5.28. The summed E-state index contributed by atoms with van der Waals surface area (Å²) in [5.74, 6) is 0.0217. The molecule has 1 fully saturated rings. The molecule has 0 radical (unpaired) electrons. The zero-order valence-electron chi connectivity index (χ0n) is 12.0. The molecule has 110 valence electrons. The maximum atomic E-state index is 12.1. The van der Waals surface area contributed by atoms with Crippen molar-refractivity contribution in [1.82, 2.24) is 10.6 Å². The van der Waals surface area contributed by atoms with Crippen molar-refractivity contribution >= 4 is 23.2 Å². The fourth-order valence-corrected chi connectivity index (χ4v) is 4.17. The molecule has 0 aromatic heterocycles. The summed E-state index contributed by atoms with van der Waals surface area (Å²) in [5.41, 5.74) is 4.63. The van der Waals surface area contributed by atoms with E-state index < -0.39 is 0 Å². The molecule has 0 bridgehead atoms. The Hall–Kier alpha value is -2.04. The van der Waals surface area contributed by atoms with Gasteiger partial charge >= 0.3 is 0 Å². The molecule has 2 aliphatic rings. The molecule has 2 heterocycles. The van der Waals surface area contributed by atoms with Crippen molar-refractivity contribution in [3.05, 3.63) is 65.6 Å². The monoisotopic (exact) mass is 308 g/mol. The van der Waals surface area contributed by atoms with Crippen LogP contribution in [0.2, 0.25) is 0 Å². The van der Waals surface area contributed by atoms with Crippen molar-refractivity contribution in [2.75, 3.05) is 6.67 Å². The van der Waals surface area contributed by atoms with Gasteiger partial charge in [-0.1, -0.05) is 54.6 Å². The van der Waals surface area contributed by atoms with E-state index in [4.69, 9.17) is 0 Å². The highest BCUT2D eigenvalue weighted by molar-refractivity contribution is 8.03. The minimum atomic E-state index is -0.0960. The van der Waals surface area contributed by atoms with Crippen LogP contribution in [0.5, 0.6) is 0 Å². The predicted molar refractivity (Wildman–Crippen MR) is 90.9 cm³/mol. The molecule has 2 aromatic carbocycles. The summed E-state index contributed by atoms with van der Waals surface area (Å²) in [6, 6.07) is 18.8. The molecule has 2 aliphatic heterocycles. The number of carbonyl (C=O) groups excluding carboxylic acids is 1. The second-order valence-corrected chi connectivity index (χ2v) is 6.49. The zero-order chi connectivity index (χ0) is 14.9. The van der Waals surface area contributed by atoms with Crippen LogP contribution in [-0.2, 0) is 4.79 Å². The minimum absolute atomic E-state index is 0.0960. The fourth-order valence-electron chi connectivity index (χ4n) is 2.99. The first-order valence-corrected chi connectivity index (χ1v) is 8.30. The van der Waals surface area contributed by atoms with E-state index in [9.17, 15) is 4.79 Å². The van der Waals surface area contributed by atoms with Crippen LogP contribution in [-0.4, -0.2) is 17.9 Å². The lowest BCUT2D eigenvalue weighted by Crippen LogP contribution is -2.52. The summed E-state index contributed by atoms with van der Waals surface area (Å²) in [6.07, 6.45) is 0. The van der Waals surface area contributed by atoms with E-state index in [0.29, 0.717) is 6.67 Å². The molecule has 2 atom stereocenters. The highest BCUT2D eigenvalue weighted by Gasteiger charge is 2.39. The number of benzene rings is 2. The van der Waals surface area contributed by atoms with Gasteiger partial charge in [-0.25, -0.2) is 0 Å². The van der Waals surface area contributed by atoms with Crippen molar-refractivity contribution < 1.29 is 4.79 Å². The number of rotatable bonds is 2. The van der Waals surface area contributed by atoms with Crippen LogP contribution >= 0.6 is 11.8 Å². The van der Waals surface area contributed by atoms with Crippen LogP contribution in [0.4, 0.5) is 0 Å². The highest BCUT2D eigenvalue weighted by Crippen LogP contribution is 2.41. The van der Waals surface area contributed by atoms with Gasteiger partial charge < -0.3 is 5.32 Å². The molecular formula is C18H16N2OS. The van der Waals surface area contributed by atoms with Crippen molar-refractivity contribution in [3.8, 4) is 11.1 Å². The Morgan fingerprint density at radius 3 is 2.36 bits per heavy atom. The average molecular weight is 308 g/mol. The lowest BCUT2D eigenvalue weighted by molar-refractivity contribution is -0.124. The molecule has 3 nitrogen and oxygen atoms in total. The van der Waals surface area contributed by atoms with Gasteiger partial charge in [-0.15, -0.1) is 11.8 Å². The normalized spacial score (nSPS) is 23.6. The third-order valence-electron chi connectivity index (χ3n) is 4.15. The van der Waals surface area contributed by atoms with Gasteiger partial charge in [0.15, 0.2) is 0 Å². The topological polar surface area (TPSA) is 41.1 Å². The Balaban J connectivity index is 1.63. The molecule has 4 heteroatoms. The predicted octanol–water partition coefficient (Wildman–Crippen LogP) is 3.06. The van der Waals surface area contributed by atoms with Crippen LogP contribution in [0.3, 0.4) is 0 Å². The van der Waals surface area contributed by atoms with E-state index in [-0.39, 0.29) is 17.2 Å². The number of nitrogens with one attached hydrogen (secondary N) is 2. The largest absolute Gasteiger partial charge is 0.343 e.